The molecule has 0 atom stereocenters. The lowest BCUT2D eigenvalue weighted by atomic mass is 10.1. The molecule has 3 aromatic rings. The first kappa shape index (κ1) is 25.9. The summed E-state index contributed by atoms with van der Waals surface area (Å²) < 4.78 is 36.7. The van der Waals surface area contributed by atoms with Crippen molar-refractivity contribution in [2.45, 2.75) is 6.42 Å². The maximum absolute atomic E-state index is 13.3. The van der Waals surface area contributed by atoms with Crippen molar-refractivity contribution in [3.63, 3.8) is 0 Å². The number of methoxy groups -OCH3 is 1. The molecule has 0 aliphatic carbocycles. The minimum Gasteiger partial charge on any atom is -0.504 e. The fraction of sp³-hybridized carbons (Fsp3) is 0.0714. The quantitative estimate of drug-likeness (QED) is 0.215. The maximum Gasteiger partial charge on any atom is 0.168 e. The zero-order chi connectivity index (χ0) is 26.1. The summed E-state index contributed by atoms with van der Waals surface area (Å²) in [5, 5.41) is 19.6. The lowest BCUT2D eigenvalue weighted by Gasteiger charge is -2.05. The fourth-order valence-corrected chi connectivity index (χ4v) is 3.00. The fourth-order valence-electron chi connectivity index (χ4n) is 3.00. The van der Waals surface area contributed by atoms with Gasteiger partial charge in [-0.1, -0.05) is 30.4 Å². The van der Waals surface area contributed by atoms with Crippen molar-refractivity contribution >= 4 is 29.8 Å². The molecule has 2 N–H and O–H groups in total. The van der Waals surface area contributed by atoms with Gasteiger partial charge in [0.05, 0.1) is 19.8 Å². The molecule has 0 heterocycles. The highest BCUT2D eigenvalue weighted by atomic mass is 19.2. The number of allylic oxidation sites excluding steroid dienone is 2. The van der Waals surface area contributed by atoms with E-state index in [1.54, 1.807) is 18.2 Å². The highest BCUT2D eigenvalue weighted by Gasteiger charge is 2.07. The standard InChI is InChI=1S/C28H22F2O6/c1-35-27-15-18(5-10-25(27)33)2-7-21(31)17-22(32)8-3-19-6-11-26(34)28(16-19)36-13-12-20-4-9-23(29)24(30)14-20/h2-16,33-34H,17H2,1H3/b7-2+,8-3+,13-12?. The molecule has 0 fully saturated rings. The van der Waals surface area contributed by atoms with E-state index in [1.807, 2.05) is 0 Å². The summed E-state index contributed by atoms with van der Waals surface area (Å²) in [4.78, 5) is 24.3. The molecule has 0 aliphatic rings. The van der Waals surface area contributed by atoms with Gasteiger partial charge in [0.1, 0.15) is 0 Å². The van der Waals surface area contributed by atoms with E-state index in [0.29, 0.717) is 16.7 Å². The zero-order valence-corrected chi connectivity index (χ0v) is 19.2. The molecule has 0 saturated heterocycles. The highest BCUT2D eigenvalue weighted by Crippen LogP contribution is 2.28. The van der Waals surface area contributed by atoms with E-state index in [9.17, 15) is 28.6 Å². The monoisotopic (exact) mass is 492 g/mol. The van der Waals surface area contributed by atoms with Gasteiger partial charge in [0.2, 0.25) is 0 Å². The molecule has 0 spiro atoms. The second kappa shape index (κ2) is 12.1. The van der Waals surface area contributed by atoms with Crippen LogP contribution in [0.3, 0.4) is 0 Å². The number of hydrogen-bond donors (Lipinski definition) is 2. The Labute approximate surface area is 206 Å². The molecule has 8 heteroatoms. The molecule has 184 valence electrons. The van der Waals surface area contributed by atoms with E-state index in [0.717, 1.165) is 12.1 Å². The lowest BCUT2D eigenvalue weighted by Crippen LogP contribution is -2.01. The molecule has 0 bridgehead atoms. The number of phenolic OH excluding ortho intramolecular Hbond substituents is 2. The second-order valence-electron chi connectivity index (χ2n) is 7.53. The first-order valence-electron chi connectivity index (χ1n) is 10.7. The number of rotatable bonds is 10. The van der Waals surface area contributed by atoms with Crippen molar-refractivity contribution in [3.05, 3.63) is 101 Å². The van der Waals surface area contributed by atoms with Crippen molar-refractivity contribution in [1.82, 2.24) is 0 Å². The summed E-state index contributed by atoms with van der Waals surface area (Å²) in [5.74, 6) is -2.65. The van der Waals surface area contributed by atoms with Crippen LogP contribution >= 0.6 is 0 Å². The predicted octanol–water partition coefficient (Wildman–Crippen LogP) is 5.69. The molecule has 3 rings (SSSR count). The van der Waals surface area contributed by atoms with Crippen molar-refractivity contribution in [3.8, 4) is 23.0 Å². The Hall–Kier alpha value is -4.72. The topological polar surface area (TPSA) is 93.1 Å². The Morgan fingerprint density at radius 2 is 1.28 bits per heavy atom. The van der Waals surface area contributed by atoms with Gasteiger partial charge < -0.3 is 19.7 Å². The van der Waals surface area contributed by atoms with Gasteiger partial charge in [-0.15, -0.1) is 0 Å². The van der Waals surface area contributed by atoms with E-state index in [2.05, 4.69) is 0 Å². The van der Waals surface area contributed by atoms with E-state index in [1.165, 1.54) is 68.0 Å². The van der Waals surface area contributed by atoms with Gasteiger partial charge in [-0.2, -0.15) is 0 Å². The third-order valence-corrected chi connectivity index (χ3v) is 4.86. The number of ether oxygens (including phenoxy) is 2. The number of aromatic hydroxyl groups is 2. The summed E-state index contributed by atoms with van der Waals surface area (Å²) in [6, 6.07) is 12.3. The smallest absolute Gasteiger partial charge is 0.168 e. The van der Waals surface area contributed by atoms with Crippen LogP contribution in [0.1, 0.15) is 23.1 Å². The number of carbonyl (C=O) groups excluding carboxylic acids is 2. The van der Waals surface area contributed by atoms with E-state index in [-0.39, 0.29) is 29.4 Å². The summed E-state index contributed by atoms with van der Waals surface area (Å²) in [5.41, 5.74) is 1.51. The summed E-state index contributed by atoms with van der Waals surface area (Å²) in [7, 11) is 1.41. The number of ketones is 2. The Kier molecular flexibility index (Phi) is 8.72. The number of phenols is 2. The van der Waals surface area contributed by atoms with Crippen LogP contribution in [0, 0.1) is 11.6 Å². The molecular weight excluding hydrogens is 470 g/mol. The lowest BCUT2D eigenvalue weighted by molar-refractivity contribution is -0.121. The van der Waals surface area contributed by atoms with Crippen LogP contribution in [-0.4, -0.2) is 28.9 Å². The average Bonchev–Trinajstić information content (AvgIpc) is 2.86. The first-order valence-corrected chi connectivity index (χ1v) is 10.7. The van der Waals surface area contributed by atoms with Crippen LogP contribution < -0.4 is 9.47 Å². The first-order chi connectivity index (χ1) is 17.2. The molecule has 0 aromatic heterocycles. The van der Waals surface area contributed by atoms with E-state index in [4.69, 9.17) is 9.47 Å². The van der Waals surface area contributed by atoms with Gasteiger partial charge in [0, 0.05) is 0 Å². The van der Waals surface area contributed by atoms with Crippen LogP contribution in [0.15, 0.2) is 73.0 Å². The van der Waals surface area contributed by atoms with Crippen LogP contribution in [0.25, 0.3) is 18.2 Å². The molecule has 3 aromatic carbocycles. The third kappa shape index (κ3) is 7.39. The summed E-state index contributed by atoms with van der Waals surface area (Å²) in [6.07, 6.45) is 7.73. The largest absolute Gasteiger partial charge is 0.504 e. The van der Waals surface area contributed by atoms with Crippen molar-refractivity contribution in [2.24, 2.45) is 0 Å². The SMILES string of the molecule is COc1cc(/C=C/C(=O)CC(=O)/C=C/c2ccc(O)c(OC=Cc3ccc(F)c(F)c3)c2)ccc1O. The number of carbonyl (C=O) groups is 2. The van der Waals surface area contributed by atoms with Crippen LogP contribution in [0.2, 0.25) is 0 Å². The molecule has 0 amide bonds. The molecular formula is C28H22F2O6. The molecule has 0 saturated carbocycles. The van der Waals surface area contributed by atoms with Gasteiger partial charge >= 0.3 is 0 Å². The van der Waals surface area contributed by atoms with Crippen molar-refractivity contribution < 1.29 is 38.1 Å². The molecule has 36 heavy (non-hydrogen) atoms. The molecule has 6 nitrogen and oxygen atoms in total. The molecule has 0 radical (unpaired) electrons. The normalized spacial score (nSPS) is 11.4. The Bertz CT molecular complexity index is 1360. The van der Waals surface area contributed by atoms with Gasteiger partial charge in [-0.05, 0) is 71.3 Å². The third-order valence-electron chi connectivity index (χ3n) is 4.86. The van der Waals surface area contributed by atoms with E-state index >= 15 is 0 Å². The number of benzene rings is 3. The zero-order valence-electron chi connectivity index (χ0n) is 19.2. The van der Waals surface area contributed by atoms with Crippen LogP contribution in [0.5, 0.6) is 23.0 Å². The molecule has 0 aliphatic heterocycles. The number of halogens is 2. The Balaban J connectivity index is 1.58. The summed E-state index contributed by atoms with van der Waals surface area (Å²) >= 11 is 0. The van der Waals surface area contributed by atoms with Gasteiger partial charge in [-0.25, -0.2) is 8.78 Å². The minimum absolute atomic E-state index is 0.0247. The Morgan fingerprint density at radius 1 is 0.750 bits per heavy atom. The predicted molar refractivity (Wildman–Crippen MR) is 131 cm³/mol. The number of hydrogen-bond acceptors (Lipinski definition) is 6. The van der Waals surface area contributed by atoms with Gasteiger partial charge in [0.25, 0.3) is 0 Å². The average molecular weight is 492 g/mol. The van der Waals surface area contributed by atoms with Crippen molar-refractivity contribution in [1.29, 1.82) is 0 Å². The molecule has 0 unspecified atom stereocenters. The van der Waals surface area contributed by atoms with Gasteiger partial charge in [0.15, 0.2) is 46.2 Å². The Morgan fingerprint density at radius 3 is 1.86 bits per heavy atom. The highest BCUT2D eigenvalue weighted by molar-refractivity contribution is 6.10. The minimum atomic E-state index is -0.994. The second-order valence-corrected chi connectivity index (χ2v) is 7.53. The maximum atomic E-state index is 13.3. The van der Waals surface area contributed by atoms with Gasteiger partial charge in [-0.3, -0.25) is 9.59 Å². The summed E-state index contributed by atoms with van der Waals surface area (Å²) in [6.45, 7) is 0. The van der Waals surface area contributed by atoms with E-state index < -0.39 is 23.2 Å². The van der Waals surface area contributed by atoms with Crippen LogP contribution in [-0.2, 0) is 9.59 Å². The van der Waals surface area contributed by atoms with Crippen LogP contribution in [0.4, 0.5) is 8.78 Å². The van der Waals surface area contributed by atoms with Crippen molar-refractivity contribution in [2.75, 3.05) is 7.11 Å².